The predicted molar refractivity (Wildman–Crippen MR) is 116 cm³/mol. The molecule has 0 spiro atoms. The summed E-state index contributed by atoms with van der Waals surface area (Å²) >= 11 is 0. The first-order valence-corrected chi connectivity index (χ1v) is 10.7. The van der Waals surface area contributed by atoms with Crippen LogP contribution in [0.15, 0.2) is 36.4 Å². The van der Waals surface area contributed by atoms with E-state index in [1.165, 1.54) is 24.8 Å². The number of hydrogen-bond acceptors (Lipinski definition) is 5. The van der Waals surface area contributed by atoms with E-state index in [0.29, 0.717) is 0 Å². The summed E-state index contributed by atoms with van der Waals surface area (Å²) in [6.45, 7) is 8.89. The maximum absolute atomic E-state index is 11.6. The summed E-state index contributed by atoms with van der Waals surface area (Å²) in [7, 11) is 0. The van der Waals surface area contributed by atoms with E-state index in [1.54, 1.807) is 6.92 Å². The third kappa shape index (κ3) is 4.86. The summed E-state index contributed by atoms with van der Waals surface area (Å²) < 4.78 is 0. The van der Waals surface area contributed by atoms with Crippen molar-refractivity contribution in [3.63, 3.8) is 0 Å². The van der Waals surface area contributed by atoms with Crippen LogP contribution < -0.4 is 9.80 Å². The number of benzene rings is 1. The SMILES string of the molecule is CC(=O)N1CCN(c2cc(N3CCC(Cc4ccccc4)CC3)nc(C)n2)CC1. The summed E-state index contributed by atoms with van der Waals surface area (Å²) in [5.41, 5.74) is 1.44. The van der Waals surface area contributed by atoms with Crippen LogP contribution >= 0.6 is 0 Å². The Kier molecular flexibility index (Phi) is 5.97. The van der Waals surface area contributed by atoms with Gasteiger partial charge < -0.3 is 14.7 Å². The molecular weight excluding hydrogens is 362 g/mol. The average Bonchev–Trinajstić information content (AvgIpc) is 2.75. The zero-order chi connectivity index (χ0) is 20.2. The molecule has 0 radical (unpaired) electrons. The van der Waals surface area contributed by atoms with Crippen molar-refractivity contribution in [2.45, 2.75) is 33.1 Å². The van der Waals surface area contributed by atoms with Crippen molar-refractivity contribution in [1.29, 1.82) is 0 Å². The van der Waals surface area contributed by atoms with E-state index in [0.717, 1.165) is 62.6 Å². The third-order valence-electron chi connectivity index (χ3n) is 6.17. The van der Waals surface area contributed by atoms with Gasteiger partial charge in [0.25, 0.3) is 0 Å². The van der Waals surface area contributed by atoms with Crippen molar-refractivity contribution in [2.24, 2.45) is 5.92 Å². The molecule has 0 aliphatic carbocycles. The Labute approximate surface area is 173 Å². The highest BCUT2D eigenvalue weighted by atomic mass is 16.2. The van der Waals surface area contributed by atoms with Crippen LogP contribution in [0.25, 0.3) is 0 Å². The maximum Gasteiger partial charge on any atom is 0.219 e. The second kappa shape index (κ2) is 8.80. The normalized spacial score (nSPS) is 18.2. The fourth-order valence-electron chi connectivity index (χ4n) is 4.42. The summed E-state index contributed by atoms with van der Waals surface area (Å²) in [5, 5.41) is 0. The first-order valence-electron chi connectivity index (χ1n) is 10.7. The van der Waals surface area contributed by atoms with Gasteiger partial charge in [-0.25, -0.2) is 9.97 Å². The largest absolute Gasteiger partial charge is 0.356 e. The number of aryl methyl sites for hydroxylation is 1. The van der Waals surface area contributed by atoms with Crippen LogP contribution in [0, 0.1) is 12.8 Å². The molecule has 2 aromatic rings. The van der Waals surface area contributed by atoms with Crippen molar-refractivity contribution in [3.8, 4) is 0 Å². The van der Waals surface area contributed by atoms with Crippen molar-refractivity contribution in [1.82, 2.24) is 14.9 Å². The van der Waals surface area contributed by atoms with Gasteiger partial charge in [-0.1, -0.05) is 30.3 Å². The second-order valence-corrected chi connectivity index (χ2v) is 8.24. The maximum atomic E-state index is 11.6. The van der Waals surface area contributed by atoms with Gasteiger partial charge in [0.05, 0.1) is 0 Å². The number of anilines is 2. The highest BCUT2D eigenvalue weighted by Crippen LogP contribution is 2.27. The van der Waals surface area contributed by atoms with Gasteiger partial charge in [-0.05, 0) is 37.7 Å². The van der Waals surface area contributed by atoms with Gasteiger partial charge in [-0.15, -0.1) is 0 Å². The Bertz CT molecular complexity index is 824. The molecule has 1 amide bonds. The number of hydrogen-bond donors (Lipinski definition) is 0. The Balaban J connectivity index is 1.38. The molecule has 2 aliphatic rings. The number of carbonyl (C=O) groups is 1. The zero-order valence-electron chi connectivity index (χ0n) is 17.5. The lowest BCUT2D eigenvalue weighted by Crippen LogP contribution is -2.48. The minimum absolute atomic E-state index is 0.155. The lowest BCUT2D eigenvalue weighted by molar-refractivity contribution is -0.129. The molecule has 2 fully saturated rings. The molecule has 0 N–H and O–H groups in total. The van der Waals surface area contributed by atoms with Gasteiger partial charge in [0, 0.05) is 52.3 Å². The second-order valence-electron chi connectivity index (χ2n) is 8.24. The van der Waals surface area contributed by atoms with E-state index in [2.05, 4.69) is 51.2 Å². The van der Waals surface area contributed by atoms with Gasteiger partial charge in [0.15, 0.2) is 0 Å². The highest BCUT2D eigenvalue weighted by molar-refractivity contribution is 5.73. The van der Waals surface area contributed by atoms with Crippen LogP contribution in [0.2, 0.25) is 0 Å². The van der Waals surface area contributed by atoms with E-state index < -0.39 is 0 Å². The topological polar surface area (TPSA) is 52.6 Å². The van der Waals surface area contributed by atoms with Crippen LogP contribution in [0.5, 0.6) is 0 Å². The summed E-state index contributed by atoms with van der Waals surface area (Å²) in [6.07, 6.45) is 3.57. The molecule has 0 atom stereocenters. The molecule has 6 heteroatoms. The number of rotatable bonds is 4. The summed E-state index contributed by atoms with van der Waals surface area (Å²) in [5.74, 6) is 3.75. The van der Waals surface area contributed by atoms with Gasteiger partial charge >= 0.3 is 0 Å². The Morgan fingerprint density at radius 3 is 2.10 bits per heavy atom. The average molecular weight is 394 g/mol. The molecule has 0 saturated carbocycles. The fraction of sp³-hybridized carbons (Fsp3) is 0.522. The highest BCUT2D eigenvalue weighted by Gasteiger charge is 2.24. The van der Waals surface area contributed by atoms with Crippen LogP contribution in [0.4, 0.5) is 11.6 Å². The molecular formula is C23H31N5O. The van der Waals surface area contributed by atoms with Crippen molar-refractivity contribution >= 4 is 17.5 Å². The van der Waals surface area contributed by atoms with E-state index in [-0.39, 0.29) is 5.91 Å². The van der Waals surface area contributed by atoms with Crippen LogP contribution in [0.3, 0.4) is 0 Å². The van der Waals surface area contributed by atoms with E-state index >= 15 is 0 Å². The van der Waals surface area contributed by atoms with Gasteiger partial charge in [-0.2, -0.15) is 0 Å². The quantitative estimate of drug-likeness (QED) is 0.799. The number of carbonyl (C=O) groups excluding carboxylic acids is 1. The van der Waals surface area contributed by atoms with Crippen LogP contribution in [-0.4, -0.2) is 60.0 Å². The molecule has 6 nitrogen and oxygen atoms in total. The Morgan fingerprint density at radius 2 is 1.52 bits per heavy atom. The van der Waals surface area contributed by atoms with Crippen molar-refractivity contribution in [3.05, 3.63) is 47.8 Å². The number of piperazine rings is 1. The molecule has 0 unspecified atom stereocenters. The molecule has 1 aromatic carbocycles. The predicted octanol–water partition coefficient (Wildman–Crippen LogP) is 2.91. The molecule has 1 aromatic heterocycles. The van der Waals surface area contributed by atoms with E-state index in [1.807, 2.05) is 11.8 Å². The number of amides is 1. The van der Waals surface area contributed by atoms with Crippen LogP contribution in [-0.2, 0) is 11.2 Å². The number of piperidine rings is 1. The molecule has 3 heterocycles. The van der Waals surface area contributed by atoms with Gasteiger partial charge in [0.1, 0.15) is 17.5 Å². The zero-order valence-corrected chi connectivity index (χ0v) is 17.5. The number of nitrogens with zero attached hydrogens (tertiary/aromatic N) is 5. The first-order chi connectivity index (χ1) is 14.1. The standard InChI is InChI=1S/C23H31N5O/c1-18-24-22(17-23(25-18)28-14-12-26(13-15-28)19(2)29)27-10-8-21(9-11-27)16-20-6-4-3-5-7-20/h3-7,17,21H,8-16H2,1-2H3. The Hall–Kier alpha value is -2.63. The van der Waals surface area contributed by atoms with E-state index in [9.17, 15) is 4.79 Å². The fourth-order valence-corrected chi connectivity index (χ4v) is 4.42. The molecule has 29 heavy (non-hydrogen) atoms. The smallest absolute Gasteiger partial charge is 0.219 e. The molecule has 0 bridgehead atoms. The molecule has 2 aliphatic heterocycles. The molecule has 4 rings (SSSR count). The third-order valence-corrected chi connectivity index (χ3v) is 6.17. The van der Waals surface area contributed by atoms with Gasteiger partial charge in [0.2, 0.25) is 5.91 Å². The summed E-state index contributed by atoms with van der Waals surface area (Å²) in [4.78, 5) is 27.6. The minimum atomic E-state index is 0.155. The molecule has 2 saturated heterocycles. The monoisotopic (exact) mass is 393 g/mol. The lowest BCUT2D eigenvalue weighted by Gasteiger charge is -2.36. The lowest BCUT2D eigenvalue weighted by atomic mass is 9.90. The number of aromatic nitrogens is 2. The summed E-state index contributed by atoms with van der Waals surface area (Å²) in [6, 6.07) is 12.9. The van der Waals surface area contributed by atoms with Crippen molar-refractivity contribution < 1.29 is 4.79 Å². The van der Waals surface area contributed by atoms with Crippen LogP contribution in [0.1, 0.15) is 31.2 Å². The minimum Gasteiger partial charge on any atom is -0.356 e. The van der Waals surface area contributed by atoms with Gasteiger partial charge in [-0.3, -0.25) is 4.79 Å². The van der Waals surface area contributed by atoms with E-state index in [4.69, 9.17) is 4.98 Å². The van der Waals surface area contributed by atoms with Crippen molar-refractivity contribution in [2.75, 3.05) is 49.1 Å². The Morgan fingerprint density at radius 1 is 0.931 bits per heavy atom. The molecule has 154 valence electrons. The first kappa shape index (κ1) is 19.7.